The molecule has 32 heavy (non-hydrogen) atoms. The zero-order valence-electron chi connectivity index (χ0n) is 18.3. The quantitative estimate of drug-likeness (QED) is 0.460. The SMILES string of the molecule is CSc1ncc2c(n1)N1CCCC1CN(c1cccc(-c3nnc(NC(C)C)o3)c1)C2=O. The largest absolute Gasteiger partial charge is 0.403 e. The molecule has 2 aliphatic heterocycles. The molecule has 5 rings (SSSR count). The Morgan fingerprint density at radius 3 is 2.97 bits per heavy atom. The topological polar surface area (TPSA) is 100 Å². The molecule has 166 valence electrons. The van der Waals surface area contributed by atoms with Crippen LogP contribution in [0.25, 0.3) is 11.5 Å². The van der Waals surface area contributed by atoms with Gasteiger partial charge in [0.2, 0.25) is 5.89 Å². The first-order valence-corrected chi connectivity index (χ1v) is 12.0. The van der Waals surface area contributed by atoms with Gasteiger partial charge in [-0.05, 0) is 51.1 Å². The van der Waals surface area contributed by atoms with E-state index in [9.17, 15) is 4.79 Å². The predicted molar refractivity (Wildman–Crippen MR) is 124 cm³/mol. The molecule has 1 atom stereocenters. The van der Waals surface area contributed by atoms with Gasteiger partial charge in [0, 0.05) is 42.6 Å². The minimum atomic E-state index is -0.0908. The molecular weight excluding hydrogens is 426 g/mol. The van der Waals surface area contributed by atoms with Crippen LogP contribution < -0.4 is 15.1 Å². The number of aromatic nitrogens is 4. The lowest BCUT2D eigenvalue weighted by Gasteiger charge is -2.27. The van der Waals surface area contributed by atoms with Gasteiger partial charge in [-0.3, -0.25) is 4.79 Å². The van der Waals surface area contributed by atoms with E-state index in [1.165, 1.54) is 11.8 Å². The van der Waals surface area contributed by atoms with Gasteiger partial charge >= 0.3 is 6.01 Å². The van der Waals surface area contributed by atoms with E-state index in [0.717, 1.165) is 36.5 Å². The van der Waals surface area contributed by atoms with Crippen LogP contribution in [0.3, 0.4) is 0 Å². The van der Waals surface area contributed by atoms with Crippen molar-refractivity contribution in [1.82, 2.24) is 20.2 Å². The number of anilines is 3. The second kappa shape index (κ2) is 8.42. The zero-order chi connectivity index (χ0) is 22.2. The first-order valence-electron chi connectivity index (χ1n) is 10.7. The molecular formula is C22H25N7O2S. The van der Waals surface area contributed by atoms with E-state index in [1.807, 2.05) is 49.3 Å². The van der Waals surface area contributed by atoms with Crippen LogP contribution in [-0.4, -0.2) is 57.5 Å². The molecule has 1 amide bonds. The first kappa shape index (κ1) is 20.7. The third kappa shape index (κ3) is 3.79. The van der Waals surface area contributed by atoms with Crippen molar-refractivity contribution >= 4 is 35.2 Å². The smallest absolute Gasteiger partial charge is 0.315 e. The van der Waals surface area contributed by atoms with Gasteiger partial charge < -0.3 is 19.5 Å². The molecule has 9 nitrogen and oxygen atoms in total. The number of nitrogens with one attached hydrogen (secondary N) is 1. The van der Waals surface area contributed by atoms with Crippen LogP contribution in [0.4, 0.5) is 17.5 Å². The van der Waals surface area contributed by atoms with Crippen LogP contribution in [-0.2, 0) is 0 Å². The van der Waals surface area contributed by atoms with Gasteiger partial charge in [-0.15, -0.1) is 5.10 Å². The highest BCUT2D eigenvalue weighted by molar-refractivity contribution is 7.98. The van der Waals surface area contributed by atoms with Crippen LogP contribution in [0.1, 0.15) is 37.0 Å². The lowest BCUT2D eigenvalue weighted by Crippen LogP contribution is -2.39. The van der Waals surface area contributed by atoms with Gasteiger partial charge in [0.15, 0.2) is 5.16 Å². The van der Waals surface area contributed by atoms with Gasteiger partial charge in [0.25, 0.3) is 5.91 Å². The second-order valence-corrected chi connectivity index (χ2v) is 9.03. The normalized spacial score (nSPS) is 18.0. The molecule has 0 radical (unpaired) electrons. The Morgan fingerprint density at radius 2 is 2.16 bits per heavy atom. The van der Waals surface area contributed by atoms with E-state index in [-0.39, 0.29) is 18.0 Å². The number of rotatable bonds is 5. The molecule has 1 aromatic carbocycles. The molecule has 2 aromatic heterocycles. The summed E-state index contributed by atoms with van der Waals surface area (Å²) in [6, 6.07) is 8.46. The van der Waals surface area contributed by atoms with Crippen molar-refractivity contribution < 1.29 is 9.21 Å². The highest BCUT2D eigenvalue weighted by atomic mass is 32.2. The summed E-state index contributed by atoms with van der Waals surface area (Å²) < 4.78 is 5.76. The number of nitrogens with zero attached hydrogens (tertiary/aromatic N) is 6. The standard InChI is InChI=1S/C22H25N7O2S/c1-13(2)24-21-27-26-19(31-21)14-6-4-7-15(10-14)29-12-16-8-5-9-28(16)18-17(20(29)30)11-23-22(25-18)32-3/h4,6-7,10-11,13,16H,5,8-9,12H2,1-3H3,(H,24,27). The monoisotopic (exact) mass is 451 g/mol. The number of benzene rings is 1. The average Bonchev–Trinajstić information content (AvgIpc) is 3.43. The third-order valence-electron chi connectivity index (χ3n) is 5.69. The number of hydrogen-bond donors (Lipinski definition) is 1. The highest BCUT2D eigenvalue weighted by Crippen LogP contribution is 2.35. The lowest BCUT2D eigenvalue weighted by molar-refractivity contribution is 0.0988. The molecule has 2 aliphatic rings. The van der Waals surface area contributed by atoms with Crippen molar-refractivity contribution in [2.45, 2.75) is 43.9 Å². The molecule has 1 fully saturated rings. The summed E-state index contributed by atoms with van der Waals surface area (Å²) in [6.45, 7) is 5.51. The second-order valence-electron chi connectivity index (χ2n) is 8.26. The highest BCUT2D eigenvalue weighted by Gasteiger charge is 2.37. The van der Waals surface area contributed by atoms with E-state index >= 15 is 0 Å². The van der Waals surface area contributed by atoms with Gasteiger partial charge in [-0.2, -0.15) is 0 Å². The van der Waals surface area contributed by atoms with Crippen LogP contribution in [0.5, 0.6) is 0 Å². The van der Waals surface area contributed by atoms with Crippen LogP contribution in [0, 0.1) is 0 Å². The lowest BCUT2D eigenvalue weighted by atomic mass is 10.1. The minimum absolute atomic E-state index is 0.0908. The molecule has 1 N–H and O–H groups in total. The van der Waals surface area contributed by atoms with E-state index < -0.39 is 0 Å². The Morgan fingerprint density at radius 1 is 1.28 bits per heavy atom. The van der Waals surface area contributed by atoms with E-state index in [0.29, 0.717) is 29.2 Å². The first-order chi connectivity index (χ1) is 15.5. The summed E-state index contributed by atoms with van der Waals surface area (Å²) in [5.74, 6) is 1.07. The summed E-state index contributed by atoms with van der Waals surface area (Å²) in [5, 5.41) is 12.0. The van der Waals surface area contributed by atoms with Crippen molar-refractivity contribution in [1.29, 1.82) is 0 Å². The van der Waals surface area contributed by atoms with E-state index in [2.05, 4.69) is 25.4 Å². The van der Waals surface area contributed by atoms with Gasteiger partial charge in [0.05, 0.1) is 0 Å². The molecule has 0 bridgehead atoms. The van der Waals surface area contributed by atoms with E-state index in [4.69, 9.17) is 9.40 Å². The zero-order valence-corrected chi connectivity index (χ0v) is 19.1. The fourth-order valence-electron chi connectivity index (χ4n) is 4.24. The molecule has 1 unspecified atom stereocenters. The molecule has 0 saturated carbocycles. The average molecular weight is 452 g/mol. The van der Waals surface area contributed by atoms with Crippen LogP contribution in [0.2, 0.25) is 0 Å². The Labute approximate surface area is 190 Å². The molecule has 0 aliphatic carbocycles. The van der Waals surface area contributed by atoms with Gasteiger partial charge in [-0.1, -0.05) is 22.9 Å². The maximum Gasteiger partial charge on any atom is 0.315 e. The van der Waals surface area contributed by atoms with Crippen molar-refractivity contribution in [2.75, 3.05) is 34.5 Å². The summed E-state index contributed by atoms with van der Waals surface area (Å²) in [4.78, 5) is 26.7. The van der Waals surface area contributed by atoms with Gasteiger partial charge in [0.1, 0.15) is 11.4 Å². The Bertz CT molecular complexity index is 1150. The Kier molecular flexibility index (Phi) is 5.46. The number of fused-ring (bicyclic) bond motifs is 3. The fourth-order valence-corrected chi connectivity index (χ4v) is 4.58. The molecule has 0 spiro atoms. The summed E-state index contributed by atoms with van der Waals surface area (Å²) in [7, 11) is 0. The van der Waals surface area contributed by atoms with Crippen LogP contribution >= 0.6 is 11.8 Å². The van der Waals surface area contributed by atoms with Crippen molar-refractivity contribution in [2.24, 2.45) is 0 Å². The molecule has 3 aromatic rings. The molecule has 10 heteroatoms. The summed E-state index contributed by atoms with van der Waals surface area (Å²) >= 11 is 1.48. The van der Waals surface area contributed by atoms with Crippen LogP contribution in [0.15, 0.2) is 40.0 Å². The third-order valence-corrected chi connectivity index (χ3v) is 6.25. The maximum atomic E-state index is 13.6. The number of hydrogen-bond acceptors (Lipinski definition) is 9. The number of carbonyl (C=O) groups is 1. The summed E-state index contributed by atoms with van der Waals surface area (Å²) in [5.41, 5.74) is 2.10. The predicted octanol–water partition coefficient (Wildman–Crippen LogP) is 3.70. The molecule has 1 saturated heterocycles. The number of thioether (sulfide) groups is 1. The summed E-state index contributed by atoms with van der Waals surface area (Å²) in [6.07, 6.45) is 5.71. The van der Waals surface area contributed by atoms with Crippen molar-refractivity contribution in [3.63, 3.8) is 0 Å². The van der Waals surface area contributed by atoms with Gasteiger partial charge in [-0.25, -0.2) is 9.97 Å². The minimum Gasteiger partial charge on any atom is -0.403 e. The number of amides is 1. The fraction of sp³-hybridized carbons (Fsp3) is 0.409. The Balaban J connectivity index is 1.51. The van der Waals surface area contributed by atoms with Crippen molar-refractivity contribution in [3.8, 4) is 11.5 Å². The molecule has 4 heterocycles. The number of carbonyl (C=O) groups excluding carboxylic acids is 1. The van der Waals surface area contributed by atoms with E-state index in [1.54, 1.807) is 6.20 Å². The maximum absolute atomic E-state index is 13.6. The van der Waals surface area contributed by atoms with Crippen molar-refractivity contribution in [3.05, 3.63) is 36.0 Å². The Hall–Kier alpha value is -3.14.